The van der Waals surface area contributed by atoms with E-state index in [1.54, 1.807) is 13.8 Å². The van der Waals surface area contributed by atoms with Gasteiger partial charge in [0, 0.05) is 5.21 Å². The molecule has 0 aliphatic rings. The van der Waals surface area contributed by atoms with E-state index in [1.165, 1.54) is 0 Å². The van der Waals surface area contributed by atoms with Crippen LogP contribution in [0.3, 0.4) is 0 Å². The SMILES string of the molecule is CC(C)n1nnnc1[N+](=O)[O-]. The van der Waals surface area contributed by atoms with Gasteiger partial charge in [0.15, 0.2) is 0 Å². The Balaban J connectivity index is 3.06. The monoisotopic (exact) mass is 157 g/mol. The van der Waals surface area contributed by atoms with Crippen LogP contribution in [0.4, 0.5) is 5.95 Å². The predicted molar refractivity (Wildman–Crippen MR) is 34.9 cm³/mol. The first-order valence-electron chi connectivity index (χ1n) is 3.05. The smallest absolute Gasteiger partial charge is 0.390 e. The van der Waals surface area contributed by atoms with E-state index >= 15 is 0 Å². The van der Waals surface area contributed by atoms with E-state index in [1.807, 2.05) is 0 Å². The van der Waals surface area contributed by atoms with Gasteiger partial charge >= 0.3 is 5.95 Å². The number of tetrazole rings is 1. The van der Waals surface area contributed by atoms with Crippen LogP contribution in [0.25, 0.3) is 0 Å². The molecule has 0 atom stereocenters. The van der Waals surface area contributed by atoms with Crippen molar-refractivity contribution in [2.24, 2.45) is 0 Å². The highest BCUT2D eigenvalue weighted by Gasteiger charge is 2.19. The van der Waals surface area contributed by atoms with Gasteiger partial charge in [-0.1, -0.05) is 0 Å². The summed E-state index contributed by atoms with van der Waals surface area (Å²) in [5, 5.41) is 20.1. The average Bonchev–Trinajstić information content (AvgIpc) is 2.32. The Kier molecular flexibility index (Phi) is 1.79. The number of nitrogens with zero attached hydrogens (tertiary/aromatic N) is 5. The maximum Gasteiger partial charge on any atom is 0.479 e. The van der Waals surface area contributed by atoms with Crippen molar-refractivity contribution in [3.05, 3.63) is 10.1 Å². The highest BCUT2D eigenvalue weighted by atomic mass is 16.6. The fourth-order valence-electron chi connectivity index (χ4n) is 0.643. The lowest BCUT2D eigenvalue weighted by Crippen LogP contribution is -2.07. The lowest BCUT2D eigenvalue weighted by atomic mass is 10.4. The minimum Gasteiger partial charge on any atom is -0.390 e. The van der Waals surface area contributed by atoms with Crippen molar-refractivity contribution < 1.29 is 4.92 Å². The topological polar surface area (TPSA) is 86.7 Å². The molecule has 0 amide bonds. The van der Waals surface area contributed by atoms with Gasteiger partial charge in [0.1, 0.15) is 6.04 Å². The quantitative estimate of drug-likeness (QED) is 0.450. The summed E-state index contributed by atoms with van der Waals surface area (Å²) in [5.74, 6) is -0.319. The van der Waals surface area contributed by atoms with Crippen LogP contribution in [-0.4, -0.2) is 25.1 Å². The van der Waals surface area contributed by atoms with Crippen LogP contribution in [0, 0.1) is 10.1 Å². The summed E-state index contributed by atoms with van der Waals surface area (Å²) in [5.41, 5.74) is 0. The van der Waals surface area contributed by atoms with Crippen LogP contribution in [0.15, 0.2) is 0 Å². The predicted octanol–water partition coefficient (Wildman–Crippen LogP) is 0.162. The van der Waals surface area contributed by atoms with E-state index in [-0.39, 0.29) is 12.0 Å². The third-order valence-corrected chi connectivity index (χ3v) is 1.13. The van der Waals surface area contributed by atoms with Crippen molar-refractivity contribution in [2.45, 2.75) is 19.9 Å². The Morgan fingerprint density at radius 1 is 1.64 bits per heavy atom. The summed E-state index contributed by atoms with van der Waals surface area (Å²) in [6.07, 6.45) is 0. The molecule has 7 nitrogen and oxygen atoms in total. The van der Waals surface area contributed by atoms with Crippen molar-refractivity contribution in [3.63, 3.8) is 0 Å². The minimum absolute atomic E-state index is 0.0922. The Labute approximate surface area is 62.2 Å². The van der Waals surface area contributed by atoms with E-state index in [0.29, 0.717) is 0 Å². The molecule has 11 heavy (non-hydrogen) atoms. The van der Waals surface area contributed by atoms with E-state index in [9.17, 15) is 10.1 Å². The van der Waals surface area contributed by atoms with Gasteiger partial charge in [-0.2, -0.15) is 0 Å². The minimum atomic E-state index is -0.611. The van der Waals surface area contributed by atoms with Gasteiger partial charge in [-0.05, 0) is 18.8 Å². The molecular formula is C4H7N5O2. The molecule has 7 heteroatoms. The second kappa shape index (κ2) is 2.60. The maximum absolute atomic E-state index is 10.2. The van der Waals surface area contributed by atoms with Gasteiger partial charge < -0.3 is 10.1 Å². The van der Waals surface area contributed by atoms with Crippen molar-refractivity contribution in [3.8, 4) is 0 Å². The molecule has 0 radical (unpaired) electrons. The maximum atomic E-state index is 10.2. The van der Waals surface area contributed by atoms with Crippen LogP contribution in [0.2, 0.25) is 0 Å². The van der Waals surface area contributed by atoms with Crippen LogP contribution in [-0.2, 0) is 0 Å². The second-order valence-corrected chi connectivity index (χ2v) is 2.27. The normalized spacial score (nSPS) is 10.5. The van der Waals surface area contributed by atoms with E-state index in [4.69, 9.17) is 0 Å². The summed E-state index contributed by atoms with van der Waals surface area (Å²) < 4.78 is 1.15. The summed E-state index contributed by atoms with van der Waals surface area (Å²) in [6, 6.07) is -0.0922. The first kappa shape index (κ1) is 7.58. The van der Waals surface area contributed by atoms with Gasteiger partial charge in [-0.25, -0.2) is 0 Å². The average molecular weight is 157 g/mol. The molecule has 0 bridgehead atoms. The van der Waals surface area contributed by atoms with Crippen LogP contribution < -0.4 is 0 Å². The third kappa shape index (κ3) is 1.31. The molecule has 0 aliphatic carbocycles. The number of nitro groups is 1. The van der Waals surface area contributed by atoms with Crippen LogP contribution in [0.5, 0.6) is 0 Å². The van der Waals surface area contributed by atoms with Gasteiger partial charge in [0.05, 0.1) is 10.3 Å². The molecule has 0 spiro atoms. The molecule has 0 aromatic carbocycles. The molecular weight excluding hydrogens is 150 g/mol. The molecule has 60 valence electrons. The summed E-state index contributed by atoms with van der Waals surface area (Å²) in [4.78, 5) is 9.62. The first-order valence-corrected chi connectivity index (χ1v) is 3.05. The van der Waals surface area contributed by atoms with E-state index in [2.05, 4.69) is 15.5 Å². The van der Waals surface area contributed by atoms with Crippen molar-refractivity contribution in [1.82, 2.24) is 20.2 Å². The summed E-state index contributed by atoms with van der Waals surface area (Å²) >= 11 is 0. The molecule has 0 fully saturated rings. The van der Waals surface area contributed by atoms with Crippen LogP contribution in [0.1, 0.15) is 19.9 Å². The Morgan fingerprint density at radius 3 is 2.64 bits per heavy atom. The molecule has 1 aromatic rings. The zero-order valence-electron chi connectivity index (χ0n) is 6.13. The standard InChI is InChI=1S/C4H7N5O2/c1-3(2)8-4(9(10)11)5-6-7-8/h3H,1-2H3. The summed E-state index contributed by atoms with van der Waals surface area (Å²) in [6.45, 7) is 3.53. The Bertz CT molecular complexity index is 267. The molecule has 0 aliphatic heterocycles. The van der Waals surface area contributed by atoms with E-state index in [0.717, 1.165) is 4.68 Å². The van der Waals surface area contributed by atoms with Gasteiger partial charge in [0.25, 0.3) is 0 Å². The fraction of sp³-hybridized carbons (Fsp3) is 0.750. The second-order valence-electron chi connectivity index (χ2n) is 2.27. The molecule has 1 rings (SSSR count). The highest BCUT2D eigenvalue weighted by molar-refractivity contribution is 4.98. The largest absolute Gasteiger partial charge is 0.479 e. The van der Waals surface area contributed by atoms with Crippen molar-refractivity contribution in [2.75, 3.05) is 0 Å². The number of aromatic nitrogens is 4. The molecule has 0 unspecified atom stereocenters. The van der Waals surface area contributed by atoms with Crippen molar-refractivity contribution in [1.29, 1.82) is 0 Å². The van der Waals surface area contributed by atoms with Gasteiger partial charge in [0.2, 0.25) is 0 Å². The Hall–Kier alpha value is -1.53. The number of hydrogen-bond donors (Lipinski definition) is 0. The highest BCUT2D eigenvalue weighted by Crippen LogP contribution is 2.09. The lowest BCUT2D eigenvalue weighted by molar-refractivity contribution is -0.397. The van der Waals surface area contributed by atoms with Gasteiger partial charge in [-0.15, -0.1) is 4.68 Å². The van der Waals surface area contributed by atoms with Crippen LogP contribution >= 0.6 is 0 Å². The molecule has 0 saturated heterocycles. The first-order chi connectivity index (χ1) is 5.13. The zero-order valence-corrected chi connectivity index (χ0v) is 6.13. The molecule has 1 heterocycles. The third-order valence-electron chi connectivity index (χ3n) is 1.13. The molecule has 0 N–H and O–H groups in total. The Morgan fingerprint density at radius 2 is 2.27 bits per heavy atom. The fourth-order valence-corrected chi connectivity index (χ4v) is 0.643. The van der Waals surface area contributed by atoms with E-state index < -0.39 is 4.92 Å². The number of rotatable bonds is 2. The molecule has 0 saturated carbocycles. The van der Waals surface area contributed by atoms with Crippen molar-refractivity contribution >= 4 is 5.95 Å². The number of hydrogen-bond acceptors (Lipinski definition) is 5. The summed E-state index contributed by atoms with van der Waals surface area (Å²) in [7, 11) is 0. The zero-order chi connectivity index (χ0) is 8.43. The lowest BCUT2D eigenvalue weighted by Gasteiger charge is -1.98. The molecule has 1 aromatic heterocycles. The van der Waals surface area contributed by atoms with Gasteiger partial charge in [-0.3, -0.25) is 0 Å².